The second-order valence-corrected chi connectivity index (χ2v) is 15.6. The van der Waals surface area contributed by atoms with Crippen molar-refractivity contribution in [1.29, 1.82) is 0 Å². The average molecular weight is 397 g/mol. The maximum absolute atomic E-state index is 6.37. The molecular formula is C15H34O4Sn. The zero-order chi connectivity index (χ0) is 16.4. The van der Waals surface area contributed by atoms with Crippen LogP contribution in [0.3, 0.4) is 0 Å². The molecule has 0 heterocycles. The third-order valence-electron chi connectivity index (χ3n) is 2.20. The zero-order valence-electron chi connectivity index (χ0n) is 15.2. The average Bonchev–Trinajstić information content (AvgIpc) is 2.07. The van der Waals surface area contributed by atoms with E-state index < -0.39 is 19.6 Å². The quantitative estimate of drug-likeness (QED) is 0.659. The summed E-state index contributed by atoms with van der Waals surface area (Å²) in [5.74, 6) is 0. The van der Waals surface area contributed by atoms with Gasteiger partial charge in [-0.25, -0.2) is 0 Å². The molecule has 1 unspecified atom stereocenters. The van der Waals surface area contributed by atoms with Crippen LogP contribution in [-0.4, -0.2) is 47.7 Å². The van der Waals surface area contributed by atoms with E-state index >= 15 is 0 Å². The van der Waals surface area contributed by atoms with E-state index in [1.54, 1.807) is 7.11 Å². The van der Waals surface area contributed by atoms with E-state index in [-0.39, 0.29) is 20.9 Å². The molecule has 4 nitrogen and oxygen atoms in total. The fourth-order valence-electron chi connectivity index (χ4n) is 1.74. The van der Waals surface area contributed by atoms with Gasteiger partial charge in [-0.3, -0.25) is 0 Å². The summed E-state index contributed by atoms with van der Waals surface area (Å²) in [6.07, 6.45) is 0. The monoisotopic (exact) mass is 398 g/mol. The topological polar surface area (TPSA) is 36.9 Å². The summed E-state index contributed by atoms with van der Waals surface area (Å²) in [4.78, 5) is 0. The van der Waals surface area contributed by atoms with Gasteiger partial charge in [0.05, 0.1) is 0 Å². The molecule has 1 atom stereocenters. The van der Waals surface area contributed by atoms with Crippen LogP contribution in [0.4, 0.5) is 0 Å². The molecule has 0 bridgehead atoms. The van der Waals surface area contributed by atoms with Crippen molar-refractivity contribution in [1.82, 2.24) is 0 Å². The Kier molecular flexibility index (Phi) is 7.03. The first kappa shape index (κ1) is 20.6. The SMILES string of the molecule is CO[CH](C)[Sn]([O]C(C)(C)C)([O]C(C)(C)C)[O]C(C)(C)C. The van der Waals surface area contributed by atoms with Crippen molar-refractivity contribution in [3.8, 4) is 0 Å². The molecule has 0 aliphatic heterocycles. The van der Waals surface area contributed by atoms with Gasteiger partial charge < -0.3 is 0 Å². The van der Waals surface area contributed by atoms with Gasteiger partial charge in [-0.2, -0.15) is 0 Å². The minimum absolute atomic E-state index is 0.165. The number of ether oxygens (including phenoxy) is 1. The fraction of sp³-hybridized carbons (Fsp3) is 1.00. The molecule has 0 N–H and O–H groups in total. The Hall–Kier alpha value is 0.639. The molecule has 0 radical (unpaired) electrons. The Labute approximate surface area is 131 Å². The standard InChI is InChI=1S/3C4H9O.C3H7O.Sn/c3*1-4(2,3)5;1-3-4-2;/h3*1-3H3;3H,1-2H3;/q3*-1;;+3. The van der Waals surface area contributed by atoms with Gasteiger partial charge in [-0.15, -0.1) is 0 Å². The molecule has 0 aromatic carbocycles. The van der Waals surface area contributed by atoms with Crippen molar-refractivity contribution >= 4 is 19.6 Å². The van der Waals surface area contributed by atoms with E-state index in [4.69, 9.17) is 14.0 Å². The van der Waals surface area contributed by atoms with Gasteiger partial charge in [0, 0.05) is 0 Å². The normalized spacial score (nSPS) is 16.4. The first-order valence-corrected chi connectivity index (χ1v) is 12.4. The van der Waals surface area contributed by atoms with E-state index in [9.17, 15) is 0 Å². The number of rotatable bonds is 5. The zero-order valence-corrected chi connectivity index (χ0v) is 18.1. The molecular weight excluding hydrogens is 363 g/mol. The third kappa shape index (κ3) is 8.17. The van der Waals surface area contributed by atoms with E-state index in [1.165, 1.54) is 0 Å². The van der Waals surface area contributed by atoms with Crippen molar-refractivity contribution in [2.24, 2.45) is 0 Å². The molecule has 0 saturated heterocycles. The number of hydrogen-bond donors (Lipinski definition) is 0. The van der Waals surface area contributed by atoms with Crippen LogP contribution in [0, 0.1) is 0 Å². The molecule has 0 aromatic heterocycles. The van der Waals surface area contributed by atoms with Crippen molar-refractivity contribution in [3.05, 3.63) is 0 Å². The number of hydrogen-bond acceptors (Lipinski definition) is 4. The second kappa shape index (κ2) is 6.82. The summed E-state index contributed by atoms with van der Waals surface area (Å²) in [6.45, 7) is 20.2. The molecule has 0 fully saturated rings. The Balaban J connectivity index is 5.63. The Bertz CT molecular complexity index is 256. The van der Waals surface area contributed by atoms with Crippen molar-refractivity contribution in [2.75, 3.05) is 7.11 Å². The summed E-state index contributed by atoms with van der Waals surface area (Å²) < 4.78 is 24.5. The molecule has 122 valence electrons. The first-order valence-electron chi connectivity index (χ1n) is 7.23. The second-order valence-electron chi connectivity index (χ2n) is 8.12. The summed E-state index contributed by atoms with van der Waals surface area (Å²) in [5, 5.41) is 0. The Morgan fingerprint density at radius 1 is 0.650 bits per heavy atom. The van der Waals surface area contributed by atoms with Crippen molar-refractivity contribution < 1.29 is 14.0 Å². The molecule has 20 heavy (non-hydrogen) atoms. The predicted molar refractivity (Wildman–Crippen MR) is 84.7 cm³/mol. The van der Waals surface area contributed by atoms with E-state index in [1.807, 2.05) is 69.2 Å². The molecule has 0 aromatic rings. The Morgan fingerprint density at radius 3 is 1.05 bits per heavy atom. The van der Waals surface area contributed by atoms with Gasteiger partial charge in [0.2, 0.25) is 0 Å². The molecule has 0 saturated carbocycles. The van der Waals surface area contributed by atoms with Gasteiger partial charge >= 0.3 is 131 Å². The first-order chi connectivity index (χ1) is 8.60. The van der Waals surface area contributed by atoms with Gasteiger partial charge in [-0.1, -0.05) is 0 Å². The predicted octanol–water partition coefficient (Wildman–Crippen LogP) is 3.94. The van der Waals surface area contributed by atoms with Crippen LogP contribution in [0.1, 0.15) is 69.2 Å². The van der Waals surface area contributed by atoms with E-state index in [2.05, 4.69) is 0 Å². The van der Waals surface area contributed by atoms with E-state index in [0.29, 0.717) is 0 Å². The maximum atomic E-state index is 6.37. The van der Waals surface area contributed by atoms with Crippen molar-refractivity contribution in [2.45, 2.75) is 90.2 Å². The third-order valence-corrected chi connectivity index (χ3v) is 13.4. The van der Waals surface area contributed by atoms with Crippen LogP contribution >= 0.6 is 0 Å². The summed E-state index contributed by atoms with van der Waals surface area (Å²) in [5.41, 5.74) is -1.00. The van der Waals surface area contributed by atoms with Crippen LogP contribution in [-0.2, 0) is 14.0 Å². The van der Waals surface area contributed by atoms with Crippen molar-refractivity contribution in [3.63, 3.8) is 0 Å². The van der Waals surface area contributed by atoms with Gasteiger partial charge in [-0.05, 0) is 0 Å². The molecule has 0 aliphatic carbocycles. The Morgan fingerprint density at radius 2 is 0.900 bits per heavy atom. The molecule has 0 rings (SSSR count). The van der Waals surface area contributed by atoms with Crippen LogP contribution in [0.5, 0.6) is 0 Å². The number of methoxy groups -OCH3 is 1. The molecule has 0 aliphatic rings. The van der Waals surface area contributed by atoms with Crippen LogP contribution in [0.25, 0.3) is 0 Å². The fourth-order valence-corrected chi connectivity index (χ4v) is 11.6. The van der Waals surface area contributed by atoms with Gasteiger partial charge in [0.25, 0.3) is 0 Å². The minimum atomic E-state index is -3.93. The molecule has 0 spiro atoms. The summed E-state index contributed by atoms with van der Waals surface area (Å²) >= 11 is -3.93. The van der Waals surface area contributed by atoms with Crippen LogP contribution in [0.15, 0.2) is 0 Å². The molecule has 0 amide bonds. The summed E-state index contributed by atoms with van der Waals surface area (Å²) in [6, 6.07) is 0. The molecule has 5 heteroatoms. The summed E-state index contributed by atoms with van der Waals surface area (Å²) in [7, 11) is 1.68. The van der Waals surface area contributed by atoms with Crippen LogP contribution in [0.2, 0.25) is 0 Å². The van der Waals surface area contributed by atoms with Gasteiger partial charge in [0.1, 0.15) is 0 Å². The van der Waals surface area contributed by atoms with Gasteiger partial charge in [0.15, 0.2) is 0 Å². The van der Waals surface area contributed by atoms with Crippen LogP contribution < -0.4 is 0 Å². The van der Waals surface area contributed by atoms with E-state index in [0.717, 1.165) is 0 Å².